The maximum Gasteiger partial charge on any atom is 0.266 e. The molecule has 1 aliphatic heterocycles. The van der Waals surface area contributed by atoms with Gasteiger partial charge in [0.2, 0.25) is 11.8 Å². The molecule has 1 heterocycles. The number of halogens is 2. The lowest BCUT2D eigenvalue weighted by Gasteiger charge is -2.23. The molecule has 10 heteroatoms. The highest BCUT2D eigenvalue weighted by molar-refractivity contribution is 7.89. The first-order valence-electron chi connectivity index (χ1n) is 10.2. The number of hydrogen-bond donors (Lipinski definition) is 1. The smallest absolute Gasteiger partial charge is 0.266 e. The molecule has 0 radical (unpaired) electrons. The summed E-state index contributed by atoms with van der Waals surface area (Å²) < 4.78 is 32.7. The third-order valence-corrected chi connectivity index (χ3v) is 7.32. The third kappa shape index (κ3) is 5.74. The van der Waals surface area contributed by atoms with Crippen LogP contribution in [0.15, 0.2) is 47.4 Å². The van der Waals surface area contributed by atoms with Crippen LogP contribution in [0.2, 0.25) is 10.0 Å². The largest absolute Gasteiger partial charge is 0.493 e. The molecule has 1 fully saturated rings. The number of amides is 2. The molecule has 1 N–H and O–H groups in total. The van der Waals surface area contributed by atoms with Gasteiger partial charge < -0.3 is 10.1 Å². The summed E-state index contributed by atoms with van der Waals surface area (Å²) >= 11 is 12.0. The number of ether oxygens (including phenoxy) is 1. The summed E-state index contributed by atoms with van der Waals surface area (Å²) in [6, 6.07) is 10.6. The van der Waals surface area contributed by atoms with E-state index in [0.29, 0.717) is 32.3 Å². The maximum atomic E-state index is 13.3. The van der Waals surface area contributed by atoms with Crippen molar-refractivity contribution in [2.75, 3.05) is 19.7 Å². The van der Waals surface area contributed by atoms with Crippen molar-refractivity contribution < 1.29 is 22.7 Å². The molecule has 2 aromatic rings. The fourth-order valence-electron chi connectivity index (χ4n) is 3.33. The van der Waals surface area contributed by atoms with Crippen molar-refractivity contribution in [2.24, 2.45) is 5.92 Å². The number of carbonyl (C=O) groups excluding carboxylic acids is 2. The molecule has 0 aromatic heterocycles. The van der Waals surface area contributed by atoms with Crippen LogP contribution in [0.25, 0.3) is 0 Å². The standard InChI is InChI=1S/C22H24Cl2N2O5S/c1-2-3-10-31-20-9-6-18(24)12-15(20)11-16-13-25-21(27)14-26(22(16)28)32(29,30)19-7-4-17(23)5-8-19/h4-9,12,16H,2-3,10-11,13-14H2,1H3,(H,25,27). The van der Waals surface area contributed by atoms with E-state index in [9.17, 15) is 18.0 Å². The fraction of sp³-hybridized carbons (Fsp3) is 0.364. The van der Waals surface area contributed by atoms with E-state index in [1.807, 2.05) is 0 Å². The number of rotatable bonds is 8. The minimum atomic E-state index is -4.24. The summed E-state index contributed by atoms with van der Waals surface area (Å²) in [5, 5.41) is 3.46. The van der Waals surface area contributed by atoms with Gasteiger partial charge >= 0.3 is 0 Å². The summed E-state index contributed by atoms with van der Waals surface area (Å²) in [5.41, 5.74) is 0.673. The molecule has 7 nitrogen and oxygen atoms in total. The monoisotopic (exact) mass is 498 g/mol. The number of nitrogens with zero attached hydrogens (tertiary/aromatic N) is 1. The number of carbonyl (C=O) groups is 2. The lowest BCUT2D eigenvalue weighted by molar-refractivity contribution is -0.131. The zero-order valence-corrected chi connectivity index (χ0v) is 19.8. The molecule has 1 saturated heterocycles. The van der Waals surface area contributed by atoms with Crippen molar-refractivity contribution in [2.45, 2.75) is 31.1 Å². The van der Waals surface area contributed by atoms with Gasteiger partial charge in [-0.05, 0) is 60.9 Å². The minimum Gasteiger partial charge on any atom is -0.493 e. The number of sulfonamides is 1. The lowest BCUT2D eigenvalue weighted by atomic mass is 9.98. The van der Waals surface area contributed by atoms with Crippen molar-refractivity contribution in [1.82, 2.24) is 9.62 Å². The highest BCUT2D eigenvalue weighted by Gasteiger charge is 2.38. The molecule has 32 heavy (non-hydrogen) atoms. The Morgan fingerprint density at radius 1 is 1.09 bits per heavy atom. The molecule has 0 saturated carbocycles. The lowest BCUT2D eigenvalue weighted by Crippen LogP contribution is -2.42. The van der Waals surface area contributed by atoms with Gasteiger partial charge in [0.15, 0.2) is 0 Å². The first-order chi connectivity index (χ1) is 15.2. The average Bonchev–Trinajstić information content (AvgIpc) is 2.89. The summed E-state index contributed by atoms with van der Waals surface area (Å²) in [7, 11) is -4.24. The second kappa shape index (κ2) is 10.6. The zero-order valence-electron chi connectivity index (χ0n) is 17.5. The van der Waals surface area contributed by atoms with Gasteiger partial charge in [0, 0.05) is 16.6 Å². The molecule has 1 atom stereocenters. The predicted molar refractivity (Wildman–Crippen MR) is 122 cm³/mol. The molecule has 2 amide bonds. The average molecular weight is 499 g/mol. The van der Waals surface area contributed by atoms with Gasteiger partial charge in [-0.2, -0.15) is 0 Å². The van der Waals surface area contributed by atoms with Gasteiger partial charge in [-0.25, -0.2) is 12.7 Å². The van der Waals surface area contributed by atoms with Gasteiger partial charge in [-0.15, -0.1) is 0 Å². The third-order valence-electron chi connectivity index (χ3n) is 5.07. The molecule has 0 bridgehead atoms. The van der Waals surface area contributed by atoms with Crippen LogP contribution in [0, 0.1) is 5.92 Å². The maximum absolute atomic E-state index is 13.3. The Morgan fingerprint density at radius 3 is 2.47 bits per heavy atom. The molecule has 2 aromatic carbocycles. The summed E-state index contributed by atoms with van der Waals surface area (Å²) in [4.78, 5) is 25.4. The van der Waals surface area contributed by atoms with Gasteiger partial charge in [-0.1, -0.05) is 36.5 Å². The highest BCUT2D eigenvalue weighted by atomic mass is 35.5. The Balaban J connectivity index is 1.90. The second-order valence-electron chi connectivity index (χ2n) is 7.46. The molecule has 172 valence electrons. The number of nitrogens with one attached hydrogen (secondary N) is 1. The van der Waals surface area contributed by atoms with Gasteiger partial charge in [0.05, 0.1) is 17.4 Å². The highest BCUT2D eigenvalue weighted by Crippen LogP contribution is 2.28. The SMILES string of the molecule is CCCCOc1ccc(Cl)cc1CC1CNC(=O)CN(S(=O)(=O)c2ccc(Cl)cc2)C1=O. The Bertz CT molecular complexity index is 1090. The van der Waals surface area contributed by atoms with Crippen LogP contribution in [-0.4, -0.2) is 44.2 Å². The summed E-state index contributed by atoms with van der Waals surface area (Å²) in [5.74, 6) is -1.45. The van der Waals surface area contributed by atoms with Gasteiger partial charge in [-0.3, -0.25) is 9.59 Å². The van der Waals surface area contributed by atoms with E-state index in [-0.39, 0.29) is 17.9 Å². The Morgan fingerprint density at radius 2 is 1.78 bits per heavy atom. The Kier molecular flexibility index (Phi) is 8.03. The molecule has 0 spiro atoms. The molecular weight excluding hydrogens is 475 g/mol. The van der Waals surface area contributed by atoms with Crippen LogP contribution in [-0.2, 0) is 26.0 Å². The van der Waals surface area contributed by atoms with Crippen LogP contribution in [0.5, 0.6) is 5.75 Å². The Labute approximate surface area is 197 Å². The quantitative estimate of drug-likeness (QED) is 0.560. The van der Waals surface area contributed by atoms with E-state index in [2.05, 4.69) is 12.2 Å². The van der Waals surface area contributed by atoms with E-state index < -0.39 is 34.3 Å². The summed E-state index contributed by atoms with van der Waals surface area (Å²) in [6.07, 6.45) is 1.99. The molecular formula is C22H24Cl2N2O5S. The van der Waals surface area contributed by atoms with Crippen molar-refractivity contribution in [1.29, 1.82) is 0 Å². The van der Waals surface area contributed by atoms with E-state index in [4.69, 9.17) is 27.9 Å². The topological polar surface area (TPSA) is 92.8 Å². The van der Waals surface area contributed by atoms with E-state index in [1.54, 1.807) is 18.2 Å². The minimum absolute atomic E-state index is 0.00518. The molecule has 0 aliphatic carbocycles. The number of benzene rings is 2. The van der Waals surface area contributed by atoms with E-state index >= 15 is 0 Å². The van der Waals surface area contributed by atoms with Gasteiger partial charge in [0.25, 0.3) is 10.0 Å². The van der Waals surface area contributed by atoms with Crippen LogP contribution in [0.4, 0.5) is 0 Å². The van der Waals surface area contributed by atoms with Crippen molar-refractivity contribution in [3.8, 4) is 5.75 Å². The second-order valence-corrected chi connectivity index (χ2v) is 10.2. The molecule has 1 aliphatic rings. The van der Waals surface area contributed by atoms with Crippen LogP contribution in [0.1, 0.15) is 25.3 Å². The van der Waals surface area contributed by atoms with E-state index in [0.717, 1.165) is 12.8 Å². The number of unbranched alkanes of at least 4 members (excludes halogenated alkanes) is 1. The zero-order chi connectivity index (χ0) is 23.3. The van der Waals surface area contributed by atoms with Crippen LogP contribution >= 0.6 is 23.2 Å². The van der Waals surface area contributed by atoms with Crippen molar-refractivity contribution in [3.63, 3.8) is 0 Å². The molecule has 3 rings (SSSR count). The predicted octanol–water partition coefficient (Wildman–Crippen LogP) is 3.68. The first kappa shape index (κ1) is 24.4. The number of hydrogen-bond acceptors (Lipinski definition) is 5. The normalized spacial score (nSPS) is 17.1. The van der Waals surface area contributed by atoms with Gasteiger partial charge in [0.1, 0.15) is 12.3 Å². The fourth-order valence-corrected chi connectivity index (χ4v) is 5.06. The van der Waals surface area contributed by atoms with E-state index in [1.165, 1.54) is 24.3 Å². The molecule has 1 unspecified atom stereocenters. The van der Waals surface area contributed by atoms with Crippen molar-refractivity contribution >= 4 is 45.0 Å². The van der Waals surface area contributed by atoms with Crippen LogP contribution < -0.4 is 10.1 Å². The van der Waals surface area contributed by atoms with Crippen LogP contribution in [0.3, 0.4) is 0 Å². The first-order valence-corrected chi connectivity index (χ1v) is 12.4. The Hall–Kier alpha value is -2.29. The van der Waals surface area contributed by atoms with Crippen molar-refractivity contribution in [3.05, 3.63) is 58.1 Å². The summed E-state index contributed by atoms with van der Waals surface area (Å²) in [6.45, 7) is 1.98.